The Morgan fingerprint density at radius 2 is 1.77 bits per heavy atom. The highest BCUT2D eigenvalue weighted by Gasteiger charge is 2.50. The number of fused-ring (bicyclic) bond motifs is 1. The number of carbonyl (C=O) groups is 1. The number of aliphatic hydroxyl groups is 2. The van der Waals surface area contributed by atoms with E-state index in [0.29, 0.717) is 42.4 Å². The summed E-state index contributed by atoms with van der Waals surface area (Å²) in [5, 5.41) is 20.2. The number of hydrogen-bond donors (Lipinski definition) is 2. The highest BCUT2D eigenvalue weighted by atomic mass is 16.3. The molecule has 0 saturated heterocycles. The van der Waals surface area contributed by atoms with Gasteiger partial charge < -0.3 is 10.2 Å². The molecule has 200 valence electrons. The van der Waals surface area contributed by atoms with Gasteiger partial charge in [-0.1, -0.05) is 67.0 Å². The summed E-state index contributed by atoms with van der Waals surface area (Å²) in [6.45, 7) is 13.1. The molecule has 0 aliphatic heterocycles. The normalized spacial score (nSPS) is 38.3. The maximum Gasteiger partial charge on any atom is 0.158 e. The summed E-state index contributed by atoms with van der Waals surface area (Å²) in [6, 6.07) is 0. The first kappa shape index (κ1) is 31.6. The number of carbonyl (C=O) groups excluding carboxylic acids is 1. The van der Waals surface area contributed by atoms with Crippen molar-refractivity contribution in [3.8, 4) is 0 Å². The Hall–Kier alpha value is -1.45. The Balaban J connectivity index is 0.00000204. The molecule has 4 aliphatic rings. The van der Waals surface area contributed by atoms with Crippen LogP contribution in [0.4, 0.5) is 0 Å². The number of rotatable bonds is 4. The molecule has 0 heterocycles. The average Bonchev–Trinajstić information content (AvgIpc) is 3.10. The summed E-state index contributed by atoms with van der Waals surface area (Å²) in [6.07, 6.45) is 14.5. The van der Waals surface area contributed by atoms with Crippen molar-refractivity contribution >= 4 is 5.78 Å². The van der Waals surface area contributed by atoms with Crippen LogP contribution in [0.15, 0.2) is 47.6 Å². The van der Waals surface area contributed by atoms with Gasteiger partial charge in [0.25, 0.3) is 0 Å². The molecule has 0 radical (unpaired) electrons. The van der Waals surface area contributed by atoms with Gasteiger partial charge in [0.05, 0.1) is 12.2 Å². The first-order valence-corrected chi connectivity index (χ1v) is 12.8. The first-order chi connectivity index (χ1) is 15.2. The molecule has 35 heavy (non-hydrogen) atoms. The van der Waals surface area contributed by atoms with Gasteiger partial charge in [0.15, 0.2) is 5.78 Å². The molecular weight excluding hydrogens is 432 g/mol. The van der Waals surface area contributed by atoms with Crippen molar-refractivity contribution in [2.75, 3.05) is 0 Å². The second kappa shape index (κ2) is 12.7. The van der Waals surface area contributed by atoms with E-state index in [-0.39, 0.29) is 28.1 Å². The van der Waals surface area contributed by atoms with E-state index in [1.54, 1.807) is 5.57 Å². The quantitative estimate of drug-likeness (QED) is 0.396. The zero-order valence-electron chi connectivity index (χ0n) is 20.1. The number of aliphatic hydroxyl groups excluding tert-OH is 2. The van der Waals surface area contributed by atoms with Gasteiger partial charge in [-0.15, -0.1) is 0 Å². The standard InChI is InChI=1S/C29H42O3.3CH4/c1-18(14-21-7-12-27(31)19(2)15-21)25-10-11-26-22(6-5-13-29(25,26)4)8-9-23-16-24(30)17-28(32)20(23)3;;;/h8-9,18,21,24-26,28,30,32H,2-3,5-7,10-17H2,1,4H3;3*1H4/b22-8+,23-9-;;;/t18-,21?,24-,25-,26?,28+,29-;;;/m1.../s1. The predicted octanol–water partition coefficient (Wildman–Crippen LogP) is 7.99. The minimum atomic E-state index is -0.622. The second-order valence-corrected chi connectivity index (χ2v) is 11.5. The molecule has 0 aromatic carbocycles. The molecule has 0 bridgehead atoms. The maximum absolute atomic E-state index is 11.8. The van der Waals surface area contributed by atoms with E-state index >= 15 is 0 Å². The molecule has 3 heteroatoms. The van der Waals surface area contributed by atoms with E-state index < -0.39 is 12.2 Å². The van der Waals surface area contributed by atoms with Crippen LogP contribution in [0.3, 0.4) is 0 Å². The minimum absolute atomic E-state index is 0. The van der Waals surface area contributed by atoms with Gasteiger partial charge in [-0.2, -0.15) is 0 Å². The molecule has 4 saturated carbocycles. The molecule has 0 spiro atoms. The third-order valence-corrected chi connectivity index (χ3v) is 9.40. The van der Waals surface area contributed by atoms with Crippen molar-refractivity contribution in [3.63, 3.8) is 0 Å². The molecule has 0 aromatic heterocycles. The van der Waals surface area contributed by atoms with Crippen LogP contribution in [0, 0.1) is 29.1 Å². The highest BCUT2D eigenvalue weighted by Crippen LogP contribution is 2.60. The van der Waals surface area contributed by atoms with Gasteiger partial charge in [0, 0.05) is 12.8 Å². The lowest BCUT2D eigenvalue weighted by Crippen LogP contribution is -2.36. The molecule has 4 aliphatic carbocycles. The van der Waals surface area contributed by atoms with Crippen molar-refractivity contribution in [3.05, 3.63) is 47.6 Å². The molecule has 7 atom stereocenters. The van der Waals surface area contributed by atoms with Crippen LogP contribution < -0.4 is 0 Å². The van der Waals surface area contributed by atoms with Crippen molar-refractivity contribution < 1.29 is 15.0 Å². The predicted molar refractivity (Wildman–Crippen MR) is 150 cm³/mol. The molecule has 4 fully saturated rings. The summed E-state index contributed by atoms with van der Waals surface area (Å²) in [5.41, 5.74) is 4.54. The van der Waals surface area contributed by atoms with E-state index in [9.17, 15) is 15.0 Å². The van der Waals surface area contributed by atoms with Crippen LogP contribution in [-0.2, 0) is 4.79 Å². The van der Waals surface area contributed by atoms with Gasteiger partial charge in [-0.25, -0.2) is 0 Å². The Kier molecular flexibility index (Phi) is 11.4. The number of ketones is 1. The Morgan fingerprint density at radius 3 is 2.46 bits per heavy atom. The van der Waals surface area contributed by atoms with Gasteiger partial charge >= 0.3 is 0 Å². The summed E-state index contributed by atoms with van der Waals surface area (Å²) >= 11 is 0. The number of allylic oxidation sites excluding steroid dienone is 4. The fraction of sp³-hybridized carbons (Fsp3) is 0.719. The van der Waals surface area contributed by atoms with Crippen molar-refractivity contribution in [1.29, 1.82) is 0 Å². The molecule has 3 nitrogen and oxygen atoms in total. The van der Waals surface area contributed by atoms with Crippen LogP contribution in [0.1, 0.15) is 107 Å². The fourth-order valence-corrected chi connectivity index (χ4v) is 7.65. The topological polar surface area (TPSA) is 57.5 Å². The van der Waals surface area contributed by atoms with E-state index in [1.165, 1.54) is 32.1 Å². The third-order valence-electron chi connectivity index (χ3n) is 9.40. The zero-order chi connectivity index (χ0) is 23.0. The Morgan fingerprint density at radius 1 is 1.06 bits per heavy atom. The fourth-order valence-electron chi connectivity index (χ4n) is 7.65. The maximum atomic E-state index is 11.8. The Bertz CT molecular complexity index is 834. The van der Waals surface area contributed by atoms with Gasteiger partial charge in [0.2, 0.25) is 0 Å². The van der Waals surface area contributed by atoms with Crippen molar-refractivity contribution in [2.24, 2.45) is 29.1 Å². The molecular formula is C32H54O3. The zero-order valence-corrected chi connectivity index (χ0v) is 20.1. The largest absolute Gasteiger partial charge is 0.393 e. The van der Waals surface area contributed by atoms with Gasteiger partial charge in [-0.05, 0) is 104 Å². The molecule has 4 rings (SSSR count). The summed E-state index contributed by atoms with van der Waals surface area (Å²) in [5.74, 6) is 2.95. The molecule has 2 unspecified atom stereocenters. The van der Waals surface area contributed by atoms with Crippen LogP contribution in [0.2, 0.25) is 0 Å². The lowest BCUT2D eigenvalue weighted by molar-refractivity contribution is -0.117. The average molecular weight is 487 g/mol. The lowest BCUT2D eigenvalue weighted by atomic mass is 9.60. The highest BCUT2D eigenvalue weighted by molar-refractivity contribution is 5.95. The molecule has 0 amide bonds. The van der Waals surface area contributed by atoms with Crippen LogP contribution in [0.25, 0.3) is 0 Å². The van der Waals surface area contributed by atoms with Crippen LogP contribution in [0.5, 0.6) is 0 Å². The Labute approximate surface area is 216 Å². The number of Topliss-reactive ketones (excluding diaryl/α,β-unsaturated/α-hetero) is 1. The minimum Gasteiger partial charge on any atom is -0.393 e. The van der Waals surface area contributed by atoms with Crippen molar-refractivity contribution in [1.82, 2.24) is 0 Å². The summed E-state index contributed by atoms with van der Waals surface area (Å²) < 4.78 is 0. The van der Waals surface area contributed by atoms with E-state index in [1.807, 2.05) is 0 Å². The summed E-state index contributed by atoms with van der Waals surface area (Å²) in [7, 11) is 0. The lowest BCUT2D eigenvalue weighted by Gasteiger charge is -2.45. The third kappa shape index (κ3) is 6.46. The smallest absolute Gasteiger partial charge is 0.158 e. The monoisotopic (exact) mass is 486 g/mol. The van der Waals surface area contributed by atoms with Gasteiger partial charge in [-0.3, -0.25) is 4.79 Å². The van der Waals surface area contributed by atoms with E-state index in [2.05, 4.69) is 39.2 Å². The molecule has 2 N–H and O–H groups in total. The first-order valence-electron chi connectivity index (χ1n) is 12.8. The van der Waals surface area contributed by atoms with Gasteiger partial charge in [0.1, 0.15) is 0 Å². The van der Waals surface area contributed by atoms with E-state index in [0.717, 1.165) is 41.9 Å². The molecule has 0 aromatic rings. The van der Waals surface area contributed by atoms with Crippen LogP contribution in [-0.4, -0.2) is 28.2 Å². The number of hydrogen-bond acceptors (Lipinski definition) is 3. The SMILES string of the molecule is C.C.C.C=C1CC(C[C@@H](C)[C@H]2CCC3/C(=C/C=C4/C[C@@H](O)C[C@H](O)C4=C)CCC[C@@]32C)CCC1=O. The van der Waals surface area contributed by atoms with Crippen LogP contribution >= 0.6 is 0 Å². The second-order valence-electron chi connectivity index (χ2n) is 11.5. The van der Waals surface area contributed by atoms with Crippen molar-refractivity contribution in [2.45, 2.75) is 119 Å². The van der Waals surface area contributed by atoms with E-state index in [4.69, 9.17) is 0 Å². The summed E-state index contributed by atoms with van der Waals surface area (Å²) in [4.78, 5) is 11.8.